The summed E-state index contributed by atoms with van der Waals surface area (Å²) < 4.78 is 0. The molecular weight excluding hydrogens is 242 g/mol. The van der Waals surface area contributed by atoms with Gasteiger partial charge in [0.2, 0.25) is 5.91 Å². The van der Waals surface area contributed by atoms with Gasteiger partial charge in [0.25, 0.3) is 0 Å². The molecule has 0 rings (SSSR count). The van der Waals surface area contributed by atoms with E-state index in [0.29, 0.717) is 18.6 Å². The molecule has 0 saturated heterocycles. The minimum Gasteiger partial charge on any atom is -0.480 e. The van der Waals surface area contributed by atoms with Crippen LogP contribution < -0.4 is 5.32 Å². The Hall–Kier alpha value is -0.750. The Morgan fingerprint density at radius 2 is 1.88 bits per heavy atom. The highest BCUT2D eigenvalue weighted by Gasteiger charge is 2.24. The first kappa shape index (κ1) is 16.2. The molecule has 0 radical (unpaired) electrons. The lowest BCUT2D eigenvalue weighted by atomic mass is 10.0. The highest BCUT2D eigenvalue weighted by molar-refractivity contribution is 7.99. The van der Waals surface area contributed by atoms with E-state index in [2.05, 4.69) is 5.32 Å². The molecule has 6 heteroatoms. The number of carboxylic acid groups (broad SMARTS) is 1. The van der Waals surface area contributed by atoms with Gasteiger partial charge in [-0.25, -0.2) is 4.79 Å². The van der Waals surface area contributed by atoms with Gasteiger partial charge < -0.3 is 15.5 Å². The Labute approximate surface area is 106 Å². The first-order valence-electron chi connectivity index (χ1n) is 5.64. The standard InChI is InChI=1S/C11H21NO4S/c1-4-11(16,5-2)7-17-6-9(10(14)15)12-8(3)13/h9,16H,4-7H2,1-3H3,(H,12,13)(H,14,15)/t9-/m0/s1. The molecule has 3 N–H and O–H groups in total. The van der Waals surface area contributed by atoms with E-state index in [1.54, 1.807) is 0 Å². The average molecular weight is 263 g/mol. The number of rotatable bonds is 8. The molecule has 0 aliphatic carbocycles. The summed E-state index contributed by atoms with van der Waals surface area (Å²) in [7, 11) is 0. The molecule has 0 saturated carbocycles. The smallest absolute Gasteiger partial charge is 0.327 e. The van der Waals surface area contributed by atoms with Gasteiger partial charge in [-0.05, 0) is 12.8 Å². The van der Waals surface area contributed by atoms with Crippen LogP contribution in [0, 0.1) is 0 Å². The van der Waals surface area contributed by atoms with E-state index >= 15 is 0 Å². The molecule has 0 fully saturated rings. The summed E-state index contributed by atoms with van der Waals surface area (Å²) in [6.45, 7) is 5.08. The Balaban J connectivity index is 4.14. The third kappa shape index (κ3) is 6.53. The van der Waals surface area contributed by atoms with Crippen LogP contribution in [0.3, 0.4) is 0 Å². The number of carbonyl (C=O) groups is 2. The van der Waals surface area contributed by atoms with Crippen molar-refractivity contribution in [3.63, 3.8) is 0 Å². The number of aliphatic hydroxyl groups is 1. The van der Waals surface area contributed by atoms with E-state index in [1.807, 2.05) is 13.8 Å². The largest absolute Gasteiger partial charge is 0.480 e. The van der Waals surface area contributed by atoms with Crippen molar-refractivity contribution in [2.24, 2.45) is 0 Å². The molecular formula is C11H21NO4S. The van der Waals surface area contributed by atoms with E-state index < -0.39 is 17.6 Å². The topological polar surface area (TPSA) is 86.6 Å². The molecule has 0 unspecified atom stereocenters. The van der Waals surface area contributed by atoms with Crippen molar-refractivity contribution in [3.05, 3.63) is 0 Å². The van der Waals surface area contributed by atoms with Crippen LogP contribution in [0.25, 0.3) is 0 Å². The van der Waals surface area contributed by atoms with Crippen LogP contribution in [0.2, 0.25) is 0 Å². The summed E-state index contributed by atoms with van der Waals surface area (Å²) in [6, 6.07) is -0.893. The van der Waals surface area contributed by atoms with Crippen LogP contribution in [0.4, 0.5) is 0 Å². The van der Waals surface area contributed by atoms with Crippen LogP contribution in [0.15, 0.2) is 0 Å². The Morgan fingerprint density at radius 1 is 1.35 bits per heavy atom. The molecule has 0 spiro atoms. The third-order valence-electron chi connectivity index (χ3n) is 2.65. The number of aliphatic carboxylic acids is 1. The maximum Gasteiger partial charge on any atom is 0.327 e. The van der Waals surface area contributed by atoms with Gasteiger partial charge in [-0.3, -0.25) is 4.79 Å². The minimum atomic E-state index is -1.05. The van der Waals surface area contributed by atoms with Gasteiger partial charge in [0.05, 0.1) is 5.60 Å². The van der Waals surface area contributed by atoms with Crippen molar-refractivity contribution in [2.75, 3.05) is 11.5 Å². The van der Waals surface area contributed by atoms with Gasteiger partial charge in [0.15, 0.2) is 0 Å². The van der Waals surface area contributed by atoms with Crippen molar-refractivity contribution in [3.8, 4) is 0 Å². The van der Waals surface area contributed by atoms with Gasteiger partial charge in [0.1, 0.15) is 6.04 Å². The number of thioether (sulfide) groups is 1. The predicted molar refractivity (Wildman–Crippen MR) is 68.1 cm³/mol. The fourth-order valence-corrected chi connectivity index (χ4v) is 2.61. The highest BCUT2D eigenvalue weighted by Crippen LogP contribution is 2.21. The predicted octanol–water partition coefficient (Wildman–Crippen LogP) is 0.860. The van der Waals surface area contributed by atoms with Crippen LogP contribution in [-0.4, -0.2) is 45.2 Å². The first-order valence-corrected chi connectivity index (χ1v) is 6.80. The summed E-state index contributed by atoms with van der Waals surface area (Å²) in [6.07, 6.45) is 1.27. The van der Waals surface area contributed by atoms with Crippen molar-refractivity contribution in [2.45, 2.75) is 45.3 Å². The summed E-state index contributed by atoms with van der Waals surface area (Å²) in [5, 5.41) is 21.2. The Morgan fingerprint density at radius 3 is 2.24 bits per heavy atom. The summed E-state index contributed by atoms with van der Waals surface area (Å²) in [4.78, 5) is 21.6. The van der Waals surface area contributed by atoms with E-state index in [0.717, 1.165) is 0 Å². The van der Waals surface area contributed by atoms with Crippen molar-refractivity contribution >= 4 is 23.6 Å². The third-order valence-corrected chi connectivity index (χ3v) is 3.96. The molecule has 17 heavy (non-hydrogen) atoms. The molecule has 0 aromatic heterocycles. The van der Waals surface area contributed by atoms with E-state index in [-0.39, 0.29) is 11.7 Å². The number of hydrogen-bond donors (Lipinski definition) is 3. The molecule has 0 aromatic carbocycles. The second-order valence-electron chi connectivity index (χ2n) is 4.04. The lowest BCUT2D eigenvalue weighted by Gasteiger charge is -2.25. The Kier molecular flexibility index (Phi) is 7.22. The zero-order valence-electron chi connectivity index (χ0n) is 10.5. The van der Waals surface area contributed by atoms with Gasteiger partial charge in [-0.1, -0.05) is 13.8 Å². The van der Waals surface area contributed by atoms with Gasteiger partial charge >= 0.3 is 5.97 Å². The minimum absolute atomic E-state index is 0.261. The lowest BCUT2D eigenvalue weighted by molar-refractivity contribution is -0.140. The number of carboxylic acids is 1. The average Bonchev–Trinajstić information content (AvgIpc) is 2.26. The van der Waals surface area contributed by atoms with Gasteiger partial charge in [0, 0.05) is 18.4 Å². The number of hydrogen-bond acceptors (Lipinski definition) is 4. The SMILES string of the molecule is CCC(O)(CC)CSC[C@H](NC(C)=O)C(=O)O. The van der Waals surface area contributed by atoms with Crippen LogP contribution in [0.5, 0.6) is 0 Å². The summed E-state index contributed by atoms with van der Waals surface area (Å²) in [5.74, 6) is -0.677. The second kappa shape index (κ2) is 7.55. The molecule has 1 atom stereocenters. The van der Waals surface area contributed by atoms with Crippen LogP contribution in [-0.2, 0) is 9.59 Å². The fourth-order valence-electron chi connectivity index (χ4n) is 1.24. The molecule has 0 heterocycles. The maximum atomic E-state index is 10.8. The zero-order valence-corrected chi connectivity index (χ0v) is 11.3. The monoisotopic (exact) mass is 263 g/mol. The summed E-state index contributed by atoms with van der Waals surface area (Å²) >= 11 is 1.34. The highest BCUT2D eigenvalue weighted by atomic mass is 32.2. The van der Waals surface area contributed by atoms with Crippen molar-refractivity contribution in [1.29, 1.82) is 0 Å². The van der Waals surface area contributed by atoms with E-state index in [9.17, 15) is 14.7 Å². The molecule has 1 amide bonds. The van der Waals surface area contributed by atoms with Crippen molar-refractivity contribution in [1.82, 2.24) is 5.32 Å². The quantitative estimate of drug-likeness (QED) is 0.604. The van der Waals surface area contributed by atoms with Gasteiger partial charge in [-0.2, -0.15) is 11.8 Å². The van der Waals surface area contributed by atoms with Gasteiger partial charge in [-0.15, -0.1) is 0 Å². The van der Waals surface area contributed by atoms with E-state index in [1.165, 1.54) is 18.7 Å². The Bertz CT molecular complexity index is 266. The molecule has 0 aliphatic heterocycles. The second-order valence-corrected chi connectivity index (χ2v) is 5.07. The fraction of sp³-hybridized carbons (Fsp3) is 0.818. The molecule has 0 aromatic rings. The summed E-state index contributed by atoms with van der Waals surface area (Å²) in [5.41, 5.74) is -0.746. The molecule has 0 bridgehead atoms. The maximum absolute atomic E-state index is 10.8. The van der Waals surface area contributed by atoms with E-state index in [4.69, 9.17) is 5.11 Å². The van der Waals surface area contributed by atoms with Crippen LogP contribution >= 0.6 is 11.8 Å². The van der Waals surface area contributed by atoms with Crippen LogP contribution in [0.1, 0.15) is 33.6 Å². The number of carbonyl (C=O) groups excluding carboxylic acids is 1. The first-order chi connectivity index (χ1) is 7.84. The zero-order chi connectivity index (χ0) is 13.5. The number of amides is 1. The molecule has 5 nitrogen and oxygen atoms in total. The normalized spacial score (nSPS) is 13.2. The lowest BCUT2D eigenvalue weighted by Crippen LogP contribution is -2.42. The van der Waals surface area contributed by atoms with Crippen molar-refractivity contribution < 1.29 is 19.8 Å². The molecule has 0 aliphatic rings. The molecule has 100 valence electrons. The number of nitrogens with one attached hydrogen (secondary N) is 1.